The number of hydrazone groups is 1. The molecule has 1 aliphatic heterocycles. The SMILES string of the molecule is CCOC(=O)C1=C(C)NC(=S)N[C@@H]1c1ccccc1OCC(=O)NN=Cc1ccc(Br)o1. The van der Waals surface area contributed by atoms with Gasteiger partial charge in [0.2, 0.25) is 0 Å². The second kappa shape index (κ2) is 10.9. The first-order valence-electron chi connectivity index (χ1n) is 9.63. The van der Waals surface area contributed by atoms with Crippen molar-refractivity contribution >= 4 is 51.4 Å². The summed E-state index contributed by atoms with van der Waals surface area (Å²) < 4.78 is 16.7. The number of halogens is 1. The summed E-state index contributed by atoms with van der Waals surface area (Å²) in [6, 6.07) is 9.87. The van der Waals surface area contributed by atoms with Crippen molar-refractivity contribution in [1.82, 2.24) is 16.1 Å². The number of hydrogen-bond acceptors (Lipinski definition) is 7. The topological polar surface area (TPSA) is 114 Å². The van der Waals surface area contributed by atoms with Crippen molar-refractivity contribution in [3.63, 3.8) is 0 Å². The number of ether oxygens (including phenoxy) is 2. The largest absolute Gasteiger partial charge is 0.483 e. The average Bonchev–Trinajstić information content (AvgIpc) is 3.17. The van der Waals surface area contributed by atoms with Gasteiger partial charge in [-0.05, 0) is 60.2 Å². The minimum atomic E-state index is -0.600. The van der Waals surface area contributed by atoms with Crippen LogP contribution in [0.2, 0.25) is 0 Å². The van der Waals surface area contributed by atoms with Crippen LogP contribution in [0.3, 0.4) is 0 Å². The van der Waals surface area contributed by atoms with E-state index < -0.39 is 17.9 Å². The number of carbonyl (C=O) groups excluding carboxylic acids is 2. The number of hydrogen-bond donors (Lipinski definition) is 3. The van der Waals surface area contributed by atoms with E-state index in [0.29, 0.717) is 38.1 Å². The fourth-order valence-corrected chi connectivity index (χ4v) is 3.59. The van der Waals surface area contributed by atoms with Gasteiger partial charge in [-0.25, -0.2) is 10.2 Å². The first kappa shape index (κ1) is 23.5. The Kier molecular flexibility index (Phi) is 8.01. The van der Waals surface area contributed by atoms with Crippen LogP contribution < -0.4 is 20.8 Å². The zero-order valence-corrected chi connectivity index (χ0v) is 19.7. The van der Waals surface area contributed by atoms with E-state index in [-0.39, 0.29) is 13.2 Å². The number of esters is 1. The zero-order valence-electron chi connectivity index (χ0n) is 17.3. The molecule has 9 nitrogen and oxygen atoms in total. The van der Waals surface area contributed by atoms with Crippen LogP contribution in [0.1, 0.15) is 31.2 Å². The van der Waals surface area contributed by atoms with E-state index in [1.54, 1.807) is 50.2 Å². The fourth-order valence-electron chi connectivity index (χ4n) is 3.00. The van der Waals surface area contributed by atoms with Gasteiger partial charge in [0.15, 0.2) is 16.4 Å². The van der Waals surface area contributed by atoms with Gasteiger partial charge in [-0.15, -0.1) is 0 Å². The number of allylic oxidation sites excluding steroid dienone is 1. The normalized spacial score (nSPS) is 15.8. The molecule has 3 rings (SSSR count). The maximum absolute atomic E-state index is 12.6. The number of nitrogens with one attached hydrogen (secondary N) is 3. The Bertz CT molecular complexity index is 1080. The number of nitrogens with zero attached hydrogens (tertiary/aromatic N) is 1. The molecule has 0 unspecified atom stereocenters. The van der Waals surface area contributed by atoms with Crippen LogP contribution in [0.4, 0.5) is 0 Å². The molecule has 1 amide bonds. The molecule has 0 fully saturated rings. The number of furan rings is 1. The lowest BCUT2D eigenvalue weighted by Gasteiger charge is -2.30. The van der Waals surface area contributed by atoms with Crippen molar-refractivity contribution in [2.75, 3.05) is 13.2 Å². The number of para-hydroxylation sites is 1. The molecule has 1 aliphatic rings. The molecule has 0 bridgehead atoms. The highest BCUT2D eigenvalue weighted by Crippen LogP contribution is 2.33. The Morgan fingerprint density at radius 2 is 2.09 bits per heavy atom. The molecule has 2 heterocycles. The highest BCUT2D eigenvalue weighted by Gasteiger charge is 2.32. The summed E-state index contributed by atoms with van der Waals surface area (Å²) in [6.45, 7) is 3.43. The van der Waals surface area contributed by atoms with Gasteiger partial charge < -0.3 is 24.5 Å². The summed E-state index contributed by atoms with van der Waals surface area (Å²) in [5.74, 6) is -0.0415. The van der Waals surface area contributed by atoms with Crippen molar-refractivity contribution in [3.05, 3.63) is 63.7 Å². The molecule has 32 heavy (non-hydrogen) atoms. The average molecular weight is 521 g/mol. The van der Waals surface area contributed by atoms with Gasteiger partial charge in [0.25, 0.3) is 5.91 Å². The summed E-state index contributed by atoms with van der Waals surface area (Å²) in [5, 5.41) is 10.2. The third-order valence-corrected chi connectivity index (χ3v) is 4.97. The molecular formula is C21H21BrN4O5S. The Morgan fingerprint density at radius 3 is 2.81 bits per heavy atom. The maximum atomic E-state index is 12.6. The lowest BCUT2D eigenvalue weighted by atomic mass is 9.95. The van der Waals surface area contributed by atoms with E-state index in [1.165, 1.54) is 6.21 Å². The molecule has 0 radical (unpaired) electrons. The number of benzene rings is 1. The smallest absolute Gasteiger partial charge is 0.338 e. The molecule has 11 heteroatoms. The molecule has 3 N–H and O–H groups in total. The van der Waals surface area contributed by atoms with Gasteiger partial charge in [-0.2, -0.15) is 5.10 Å². The molecule has 0 aliphatic carbocycles. The van der Waals surface area contributed by atoms with Crippen LogP contribution in [0, 0.1) is 0 Å². The van der Waals surface area contributed by atoms with Crippen molar-refractivity contribution in [1.29, 1.82) is 0 Å². The van der Waals surface area contributed by atoms with Crippen LogP contribution >= 0.6 is 28.1 Å². The van der Waals surface area contributed by atoms with E-state index in [4.69, 9.17) is 26.1 Å². The third kappa shape index (κ3) is 5.95. The Labute approximate surface area is 198 Å². The van der Waals surface area contributed by atoms with Gasteiger partial charge in [0.05, 0.1) is 24.4 Å². The quantitative estimate of drug-likeness (QED) is 0.210. The second-order valence-electron chi connectivity index (χ2n) is 6.55. The van der Waals surface area contributed by atoms with Crippen LogP contribution in [0.15, 0.2) is 61.9 Å². The van der Waals surface area contributed by atoms with E-state index in [0.717, 1.165) is 0 Å². The van der Waals surface area contributed by atoms with Gasteiger partial charge >= 0.3 is 5.97 Å². The highest BCUT2D eigenvalue weighted by atomic mass is 79.9. The lowest BCUT2D eigenvalue weighted by molar-refractivity contribution is -0.139. The minimum absolute atomic E-state index is 0.237. The van der Waals surface area contributed by atoms with Gasteiger partial charge in [0, 0.05) is 11.3 Å². The summed E-state index contributed by atoms with van der Waals surface area (Å²) in [6.07, 6.45) is 1.37. The molecule has 1 aromatic heterocycles. The first-order valence-corrected chi connectivity index (χ1v) is 10.8. The predicted octanol–water partition coefficient (Wildman–Crippen LogP) is 2.93. The van der Waals surface area contributed by atoms with E-state index in [2.05, 4.69) is 37.1 Å². The van der Waals surface area contributed by atoms with E-state index >= 15 is 0 Å². The molecule has 1 aromatic carbocycles. The van der Waals surface area contributed by atoms with Gasteiger partial charge in [0.1, 0.15) is 11.5 Å². The molecule has 0 saturated carbocycles. The van der Waals surface area contributed by atoms with Crippen LogP contribution in [0.5, 0.6) is 5.75 Å². The predicted molar refractivity (Wildman–Crippen MR) is 125 cm³/mol. The highest BCUT2D eigenvalue weighted by molar-refractivity contribution is 9.10. The van der Waals surface area contributed by atoms with Gasteiger partial charge in [-0.3, -0.25) is 4.79 Å². The second-order valence-corrected chi connectivity index (χ2v) is 7.74. The summed E-state index contributed by atoms with van der Waals surface area (Å²) in [4.78, 5) is 24.7. The zero-order chi connectivity index (χ0) is 23.1. The molecule has 2 aromatic rings. The molecule has 168 valence electrons. The third-order valence-electron chi connectivity index (χ3n) is 4.33. The minimum Gasteiger partial charge on any atom is -0.483 e. The Hall–Kier alpha value is -3.18. The summed E-state index contributed by atoms with van der Waals surface area (Å²) in [5.41, 5.74) is 3.97. The van der Waals surface area contributed by atoms with Crippen molar-refractivity contribution in [2.24, 2.45) is 5.10 Å². The summed E-state index contributed by atoms with van der Waals surface area (Å²) in [7, 11) is 0. The van der Waals surface area contributed by atoms with Crippen molar-refractivity contribution < 1.29 is 23.5 Å². The van der Waals surface area contributed by atoms with E-state index in [9.17, 15) is 9.59 Å². The number of thiocarbonyl (C=S) groups is 1. The molecule has 0 spiro atoms. The lowest BCUT2D eigenvalue weighted by Crippen LogP contribution is -2.45. The van der Waals surface area contributed by atoms with Crippen molar-refractivity contribution in [3.8, 4) is 5.75 Å². The molecule has 0 saturated heterocycles. The molecule has 1 atom stereocenters. The van der Waals surface area contributed by atoms with Crippen LogP contribution in [-0.2, 0) is 14.3 Å². The number of amides is 1. The standard InChI is InChI=1S/C21H21BrN4O5S/c1-3-29-20(28)18-12(2)24-21(32)25-19(18)14-6-4-5-7-15(14)30-11-17(27)26-23-10-13-8-9-16(22)31-13/h4-10,19H,3,11H2,1-2H3,(H,26,27)(H2,24,25,32)/t19-/m1/s1. The Morgan fingerprint density at radius 1 is 1.31 bits per heavy atom. The Balaban J connectivity index is 1.72. The monoisotopic (exact) mass is 520 g/mol. The molecular weight excluding hydrogens is 500 g/mol. The van der Waals surface area contributed by atoms with Gasteiger partial charge in [-0.1, -0.05) is 18.2 Å². The number of rotatable bonds is 8. The van der Waals surface area contributed by atoms with Crippen LogP contribution in [0.25, 0.3) is 0 Å². The fraction of sp³-hybridized carbons (Fsp3) is 0.238. The first-order chi connectivity index (χ1) is 15.4. The van der Waals surface area contributed by atoms with Crippen molar-refractivity contribution in [2.45, 2.75) is 19.9 Å². The van der Waals surface area contributed by atoms with E-state index in [1.807, 2.05) is 0 Å². The number of carbonyl (C=O) groups is 2. The summed E-state index contributed by atoms with van der Waals surface area (Å²) >= 11 is 8.45. The maximum Gasteiger partial charge on any atom is 0.338 e. The van der Waals surface area contributed by atoms with Crippen LogP contribution in [-0.4, -0.2) is 36.4 Å².